The molecule has 7 heteroatoms. The largest absolute Gasteiger partial charge is 0.465 e. The number of carbonyl (C=O) groups is 1. The van der Waals surface area contributed by atoms with E-state index >= 15 is 0 Å². The minimum absolute atomic E-state index is 0.248. The Balaban J connectivity index is 3.29. The average molecular weight is 196 g/mol. The number of hydrogen-bond donors (Lipinski definition) is 3. The van der Waals surface area contributed by atoms with Crippen LogP contribution in [0.2, 0.25) is 0 Å². The third kappa shape index (κ3) is 9.18. The summed E-state index contributed by atoms with van der Waals surface area (Å²) in [6, 6.07) is 0. The van der Waals surface area contributed by atoms with E-state index in [1.807, 2.05) is 0 Å². The van der Waals surface area contributed by atoms with E-state index in [4.69, 9.17) is 5.11 Å². The van der Waals surface area contributed by atoms with Gasteiger partial charge < -0.3 is 10.4 Å². The number of sulfonamides is 1. The molecule has 12 heavy (non-hydrogen) atoms. The van der Waals surface area contributed by atoms with Gasteiger partial charge in [-0.1, -0.05) is 0 Å². The quantitative estimate of drug-likeness (QED) is 0.501. The Labute approximate surface area is 71.0 Å². The Morgan fingerprint density at radius 3 is 2.42 bits per heavy atom. The zero-order valence-electron chi connectivity index (χ0n) is 6.70. The molecule has 0 radical (unpaired) electrons. The maximum atomic E-state index is 10.5. The van der Waals surface area contributed by atoms with Gasteiger partial charge in [0, 0.05) is 13.1 Å². The van der Waals surface area contributed by atoms with E-state index in [0.29, 0.717) is 6.42 Å². The molecule has 0 heterocycles. The van der Waals surface area contributed by atoms with E-state index in [9.17, 15) is 13.2 Å². The van der Waals surface area contributed by atoms with Crippen molar-refractivity contribution in [3.05, 3.63) is 0 Å². The molecule has 6 nitrogen and oxygen atoms in total. The molecule has 0 atom stereocenters. The zero-order valence-corrected chi connectivity index (χ0v) is 7.52. The SMILES string of the molecule is CS(=O)(=O)NCCCNC(=O)O. The first kappa shape index (κ1) is 11.2. The number of amides is 1. The van der Waals surface area contributed by atoms with Gasteiger partial charge in [-0.2, -0.15) is 0 Å². The van der Waals surface area contributed by atoms with Gasteiger partial charge in [0.1, 0.15) is 0 Å². The van der Waals surface area contributed by atoms with E-state index in [-0.39, 0.29) is 13.1 Å². The fraction of sp³-hybridized carbons (Fsp3) is 0.800. The van der Waals surface area contributed by atoms with Crippen LogP contribution in [-0.4, -0.2) is 39.0 Å². The highest BCUT2D eigenvalue weighted by Gasteiger charge is 1.98. The van der Waals surface area contributed by atoms with Crippen LogP contribution in [-0.2, 0) is 10.0 Å². The van der Waals surface area contributed by atoms with E-state index < -0.39 is 16.1 Å². The van der Waals surface area contributed by atoms with Gasteiger partial charge in [0.2, 0.25) is 10.0 Å². The maximum absolute atomic E-state index is 10.5. The van der Waals surface area contributed by atoms with Crippen LogP contribution in [0, 0.1) is 0 Å². The number of nitrogens with one attached hydrogen (secondary N) is 2. The molecule has 0 aromatic carbocycles. The highest BCUT2D eigenvalue weighted by Crippen LogP contribution is 1.77. The Morgan fingerprint density at radius 1 is 1.42 bits per heavy atom. The minimum atomic E-state index is -3.15. The first-order chi connectivity index (χ1) is 5.42. The minimum Gasteiger partial charge on any atom is -0.465 e. The summed E-state index contributed by atoms with van der Waals surface area (Å²) in [5, 5.41) is 10.2. The number of hydrogen-bond acceptors (Lipinski definition) is 3. The molecule has 0 aliphatic carbocycles. The molecule has 0 fully saturated rings. The van der Waals surface area contributed by atoms with Crippen molar-refractivity contribution in [1.82, 2.24) is 10.0 Å². The van der Waals surface area contributed by atoms with Crippen molar-refractivity contribution in [2.45, 2.75) is 6.42 Å². The summed E-state index contributed by atoms with van der Waals surface area (Å²) in [7, 11) is -3.15. The standard InChI is InChI=1S/C5H12N2O4S/c1-12(10,11)7-4-2-3-6-5(8)9/h6-7H,2-4H2,1H3,(H,8,9). The molecule has 0 spiro atoms. The molecular weight excluding hydrogens is 184 g/mol. The molecule has 0 bridgehead atoms. The molecule has 0 aromatic heterocycles. The topological polar surface area (TPSA) is 95.5 Å². The van der Waals surface area contributed by atoms with Gasteiger partial charge in [-0.05, 0) is 6.42 Å². The van der Waals surface area contributed by atoms with Crippen molar-refractivity contribution < 1.29 is 18.3 Å². The van der Waals surface area contributed by atoms with Gasteiger partial charge in [0.05, 0.1) is 6.26 Å². The summed E-state index contributed by atoms with van der Waals surface area (Å²) in [4.78, 5) is 9.91. The summed E-state index contributed by atoms with van der Waals surface area (Å²) in [6.07, 6.45) is 0.395. The molecule has 0 rings (SSSR count). The molecule has 0 saturated heterocycles. The third-order valence-corrected chi connectivity index (χ3v) is 1.72. The normalized spacial score (nSPS) is 11.1. The lowest BCUT2D eigenvalue weighted by Crippen LogP contribution is -2.28. The van der Waals surface area contributed by atoms with Crippen molar-refractivity contribution >= 4 is 16.1 Å². The molecule has 0 aliphatic heterocycles. The lowest BCUT2D eigenvalue weighted by molar-refractivity contribution is 0.194. The summed E-state index contributed by atoms with van der Waals surface area (Å²) >= 11 is 0. The highest BCUT2D eigenvalue weighted by atomic mass is 32.2. The van der Waals surface area contributed by atoms with Crippen molar-refractivity contribution in [1.29, 1.82) is 0 Å². The van der Waals surface area contributed by atoms with Crippen LogP contribution in [0.1, 0.15) is 6.42 Å². The Bertz CT molecular complexity index is 236. The van der Waals surface area contributed by atoms with E-state index in [1.54, 1.807) is 0 Å². The lowest BCUT2D eigenvalue weighted by atomic mass is 10.4. The van der Waals surface area contributed by atoms with E-state index in [2.05, 4.69) is 10.0 Å². The lowest BCUT2D eigenvalue weighted by Gasteiger charge is -2.01. The molecule has 0 aromatic rings. The molecule has 0 unspecified atom stereocenters. The van der Waals surface area contributed by atoms with Crippen molar-refractivity contribution in [2.75, 3.05) is 19.3 Å². The van der Waals surface area contributed by atoms with Crippen LogP contribution in [0.4, 0.5) is 4.79 Å². The van der Waals surface area contributed by atoms with Crippen molar-refractivity contribution in [2.24, 2.45) is 0 Å². The molecule has 72 valence electrons. The highest BCUT2D eigenvalue weighted by molar-refractivity contribution is 7.88. The molecule has 0 aliphatic rings. The van der Waals surface area contributed by atoms with Crippen molar-refractivity contribution in [3.8, 4) is 0 Å². The van der Waals surface area contributed by atoms with Crippen molar-refractivity contribution in [3.63, 3.8) is 0 Å². The first-order valence-electron chi connectivity index (χ1n) is 3.33. The molecule has 3 N–H and O–H groups in total. The Kier molecular flexibility index (Phi) is 4.60. The van der Waals surface area contributed by atoms with Gasteiger partial charge in [0.15, 0.2) is 0 Å². The second kappa shape index (κ2) is 4.94. The fourth-order valence-electron chi connectivity index (χ4n) is 0.541. The zero-order chi connectivity index (χ0) is 9.61. The van der Waals surface area contributed by atoms with Gasteiger partial charge in [-0.15, -0.1) is 0 Å². The van der Waals surface area contributed by atoms with E-state index in [1.165, 1.54) is 0 Å². The second-order valence-electron chi connectivity index (χ2n) is 2.25. The average Bonchev–Trinajstić information content (AvgIpc) is 1.83. The first-order valence-corrected chi connectivity index (χ1v) is 5.22. The predicted octanol–water partition coefficient (Wildman–Crippen LogP) is -0.807. The third-order valence-electron chi connectivity index (χ3n) is 0.994. The Hall–Kier alpha value is -0.820. The Morgan fingerprint density at radius 2 is 2.00 bits per heavy atom. The smallest absolute Gasteiger partial charge is 0.404 e. The molecular formula is C5H12N2O4S. The van der Waals surface area contributed by atoms with Crippen LogP contribution in [0.3, 0.4) is 0 Å². The fourth-order valence-corrected chi connectivity index (χ4v) is 1.06. The summed E-state index contributed by atoms with van der Waals surface area (Å²) < 4.78 is 23.2. The van der Waals surface area contributed by atoms with Crippen LogP contribution in [0.5, 0.6) is 0 Å². The van der Waals surface area contributed by atoms with Crippen LogP contribution < -0.4 is 10.0 Å². The summed E-state index contributed by atoms with van der Waals surface area (Å²) in [5.74, 6) is 0. The monoisotopic (exact) mass is 196 g/mol. The van der Waals surface area contributed by atoms with Crippen LogP contribution >= 0.6 is 0 Å². The van der Waals surface area contributed by atoms with Crippen LogP contribution in [0.15, 0.2) is 0 Å². The van der Waals surface area contributed by atoms with E-state index in [0.717, 1.165) is 6.26 Å². The summed E-state index contributed by atoms with van der Waals surface area (Å²) in [6.45, 7) is 0.497. The van der Waals surface area contributed by atoms with Gasteiger partial charge in [0.25, 0.3) is 0 Å². The van der Waals surface area contributed by atoms with Gasteiger partial charge in [-0.3, -0.25) is 0 Å². The second-order valence-corrected chi connectivity index (χ2v) is 4.08. The van der Waals surface area contributed by atoms with Gasteiger partial charge in [-0.25, -0.2) is 17.9 Å². The van der Waals surface area contributed by atoms with Gasteiger partial charge >= 0.3 is 6.09 Å². The predicted molar refractivity (Wildman–Crippen MR) is 43.5 cm³/mol. The molecule has 0 saturated carbocycles. The maximum Gasteiger partial charge on any atom is 0.404 e. The van der Waals surface area contributed by atoms with Crippen LogP contribution in [0.25, 0.3) is 0 Å². The number of carboxylic acid groups (broad SMARTS) is 1. The summed E-state index contributed by atoms with van der Waals surface area (Å²) in [5.41, 5.74) is 0. The molecule has 1 amide bonds. The number of rotatable bonds is 5.